The standard InChI is InChI=1S/C18H27NO3/c1-20-14-18-9-5-11-22-17(18)8-10-19(13-18)12-15-6-3-4-7-16(15)21-2/h3-4,6-7,17H,5,8-14H2,1-2H3. The van der Waals surface area contributed by atoms with Gasteiger partial charge in [0.2, 0.25) is 0 Å². The maximum Gasteiger partial charge on any atom is 0.123 e. The largest absolute Gasteiger partial charge is 0.496 e. The molecule has 2 fully saturated rings. The highest BCUT2D eigenvalue weighted by Gasteiger charge is 2.45. The van der Waals surface area contributed by atoms with Crippen molar-refractivity contribution in [3.05, 3.63) is 29.8 Å². The first-order valence-electron chi connectivity index (χ1n) is 8.22. The Kier molecular flexibility index (Phi) is 5.01. The van der Waals surface area contributed by atoms with Gasteiger partial charge in [0.05, 0.1) is 19.8 Å². The van der Waals surface area contributed by atoms with Crippen LogP contribution in [0.15, 0.2) is 24.3 Å². The van der Waals surface area contributed by atoms with Crippen molar-refractivity contribution in [2.45, 2.75) is 31.9 Å². The number of ether oxygens (including phenoxy) is 3. The molecule has 0 amide bonds. The molecule has 122 valence electrons. The Morgan fingerprint density at radius 2 is 2.18 bits per heavy atom. The van der Waals surface area contributed by atoms with E-state index in [-0.39, 0.29) is 5.41 Å². The lowest BCUT2D eigenvalue weighted by atomic mass is 9.73. The summed E-state index contributed by atoms with van der Waals surface area (Å²) < 4.78 is 17.1. The molecule has 1 aromatic carbocycles. The zero-order chi connectivity index (χ0) is 15.4. The normalized spacial score (nSPS) is 29.1. The number of hydrogen-bond acceptors (Lipinski definition) is 4. The third-order valence-corrected chi connectivity index (χ3v) is 5.09. The maximum absolute atomic E-state index is 6.05. The molecule has 2 saturated heterocycles. The van der Waals surface area contributed by atoms with Crippen LogP contribution in [0.4, 0.5) is 0 Å². The summed E-state index contributed by atoms with van der Waals surface area (Å²) in [6.07, 6.45) is 3.80. The number of hydrogen-bond donors (Lipinski definition) is 0. The maximum atomic E-state index is 6.05. The predicted molar refractivity (Wildman–Crippen MR) is 86.2 cm³/mol. The van der Waals surface area contributed by atoms with E-state index in [1.54, 1.807) is 14.2 Å². The van der Waals surface area contributed by atoms with Crippen LogP contribution in [-0.4, -0.2) is 51.5 Å². The fourth-order valence-corrected chi connectivity index (χ4v) is 4.09. The Hall–Kier alpha value is -1.10. The van der Waals surface area contributed by atoms with Gasteiger partial charge < -0.3 is 14.2 Å². The van der Waals surface area contributed by atoms with E-state index in [0.29, 0.717) is 6.10 Å². The van der Waals surface area contributed by atoms with Crippen LogP contribution in [0.5, 0.6) is 5.75 Å². The van der Waals surface area contributed by atoms with Crippen molar-refractivity contribution in [2.24, 2.45) is 5.41 Å². The molecule has 2 unspecified atom stereocenters. The highest BCUT2D eigenvalue weighted by Crippen LogP contribution is 2.41. The fraction of sp³-hybridized carbons (Fsp3) is 0.667. The summed E-state index contributed by atoms with van der Waals surface area (Å²) >= 11 is 0. The van der Waals surface area contributed by atoms with Crippen LogP contribution in [-0.2, 0) is 16.0 Å². The molecule has 1 aromatic rings. The lowest BCUT2D eigenvalue weighted by molar-refractivity contribution is -0.149. The summed E-state index contributed by atoms with van der Waals surface area (Å²) in [4.78, 5) is 2.53. The summed E-state index contributed by atoms with van der Waals surface area (Å²) in [6, 6.07) is 8.30. The van der Waals surface area contributed by atoms with E-state index >= 15 is 0 Å². The molecule has 0 aliphatic carbocycles. The number of rotatable bonds is 5. The Labute approximate surface area is 133 Å². The van der Waals surface area contributed by atoms with Gasteiger partial charge in [-0.05, 0) is 25.3 Å². The molecular formula is C18H27NO3. The van der Waals surface area contributed by atoms with Gasteiger partial charge in [0.25, 0.3) is 0 Å². The Balaban J connectivity index is 1.73. The second-order valence-electron chi connectivity index (χ2n) is 6.57. The number of methoxy groups -OCH3 is 2. The SMILES string of the molecule is COCC12CCCOC1CCN(Cc1ccccc1OC)C2. The van der Waals surface area contributed by atoms with Crippen molar-refractivity contribution in [3.63, 3.8) is 0 Å². The van der Waals surface area contributed by atoms with E-state index in [2.05, 4.69) is 17.0 Å². The topological polar surface area (TPSA) is 30.9 Å². The molecular weight excluding hydrogens is 278 g/mol. The van der Waals surface area contributed by atoms with Gasteiger partial charge in [-0.25, -0.2) is 0 Å². The van der Waals surface area contributed by atoms with Crippen molar-refractivity contribution >= 4 is 0 Å². The van der Waals surface area contributed by atoms with E-state index in [1.807, 2.05) is 12.1 Å². The van der Waals surface area contributed by atoms with E-state index in [1.165, 1.54) is 12.0 Å². The van der Waals surface area contributed by atoms with Crippen molar-refractivity contribution in [1.82, 2.24) is 4.90 Å². The van der Waals surface area contributed by atoms with Crippen molar-refractivity contribution in [1.29, 1.82) is 0 Å². The number of para-hydroxylation sites is 1. The van der Waals surface area contributed by atoms with Crippen molar-refractivity contribution < 1.29 is 14.2 Å². The fourth-order valence-electron chi connectivity index (χ4n) is 4.09. The van der Waals surface area contributed by atoms with Gasteiger partial charge in [0.15, 0.2) is 0 Å². The van der Waals surface area contributed by atoms with Gasteiger partial charge in [-0.2, -0.15) is 0 Å². The van der Waals surface area contributed by atoms with Gasteiger partial charge in [0, 0.05) is 44.3 Å². The Morgan fingerprint density at radius 1 is 1.32 bits per heavy atom. The van der Waals surface area contributed by atoms with Gasteiger partial charge >= 0.3 is 0 Å². The van der Waals surface area contributed by atoms with Crippen LogP contribution in [0, 0.1) is 5.41 Å². The second-order valence-corrected chi connectivity index (χ2v) is 6.57. The predicted octanol–water partition coefficient (Wildman–Crippen LogP) is 2.71. The molecule has 4 heteroatoms. The molecule has 0 saturated carbocycles. The summed E-state index contributed by atoms with van der Waals surface area (Å²) in [5.41, 5.74) is 1.42. The number of benzene rings is 1. The number of nitrogens with zero attached hydrogens (tertiary/aromatic N) is 1. The van der Waals surface area contributed by atoms with Crippen LogP contribution in [0.1, 0.15) is 24.8 Å². The average molecular weight is 305 g/mol. The zero-order valence-corrected chi connectivity index (χ0v) is 13.7. The third kappa shape index (κ3) is 3.14. The average Bonchev–Trinajstić information content (AvgIpc) is 2.55. The van der Waals surface area contributed by atoms with Gasteiger partial charge in [0.1, 0.15) is 5.75 Å². The van der Waals surface area contributed by atoms with E-state index in [4.69, 9.17) is 14.2 Å². The van der Waals surface area contributed by atoms with Crippen LogP contribution in [0.25, 0.3) is 0 Å². The second kappa shape index (κ2) is 6.99. The number of likely N-dealkylation sites (tertiary alicyclic amines) is 1. The molecule has 0 aromatic heterocycles. The van der Waals surface area contributed by atoms with E-state index < -0.39 is 0 Å². The molecule has 2 heterocycles. The van der Waals surface area contributed by atoms with E-state index in [9.17, 15) is 0 Å². The minimum atomic E-state index is 0.160. The summed E-state index contributed by atoms with van der Waals surface area (Å²) in [5, 5.41) is 0. The van der Waals surface area contributed by atoms with Crippen LogP contribution < -0.4 is 4.74 Å². The molecule has 0 radical (unpaired) electrons. The highest BCUT2D eigenvalue weighted by molar-refractivity contribution is 5.33. The first-order valence-corrected chi connectivity index (χ1v) is 8.22. The summed E-state index contributed by atoms with van der Waals surface area (Å²) in [6.45, 7) is 4.75. The number of piperidine rings is 1. The molecule has 3 rings (SSSR count). The highest BCUT2D eigenvalue weighted by atomic mass is 16.5. The monoisotopic (exact) mass is 305 g/mol. The quantitative estimate of drug-likeness (QED) is 0.837. The Morgan fingerprint density at radius 3 is 3.00 bits per heavy atom. The van der Waals surface area contributed by atoms with E-state index in [0.717, 1.165) is 51.4 Å². The summed E-state index contributed by atoms with van der Waals surface area (Å²) in [7, 11) is 3.55. The van der Waals surface area contributed by atoms with Gasteiger partial charge in [-0.3, -0.25) is 4.90 Å². The van der Waals surface area contributed by atoms with Crippen molar-refractivity contribution in [2.75, 3.05) is 40.5 Å². The third-order valence-electron chi connectivity index (χ3n) is 5.09. The zero-order valence-electron chi connectivity index (χ0n) is 13.7. The molecule has 22 heavy (non-hydrogen) atoms. The van der Waals surface area contributed by atoms with Crippen LogP contribution in [0.3, 0.4) is 0 Å². The minimum Gasteiger partial charge on any atom is -0.496 e. The molecule has 0 bridgehead atoms. The smallest absolute Gasteiger partial charge is 0.123 e. The molecule has 2 atom stereocenters. The molecule has 2 aliphatic rings. The summed E-state index contributed by atoms with van der Waals surface area (Å²) in [5.74, 6) is 0.977. The Bertz CT molecular complexity index is 489. The van der Waals surface area contributed by atoms with Crippen LogP contribution >= 0.6 is 0 Å². The minimum absolute atomic E-state index is 0.160. The lowest BCUT2D eigenvalue weighted by Gasteiger charge is -2.50. The first-order chi connectivity index (χ1) is 10.8. The van der Waals surface area contributed by atoms with Crippen molar-refractivity contribution in [3.8, 4) is 5.75 Å². The van der Waals surface area contributed by atoms with Gasteiger partial charge in [-0.15, -0.1) is 0 Å². The van der Waals surface area contributed by atoms with Crippen LogP contribution in [0.2, 0.25) is 0 Å². The number of fused-ring (bicyclic) bond motifs is 1. The molecule has 0 N–H and O–H groups in total. The molecule has 4 nitrogen and oxygen atoms in total. The first kappa shape index (κ1) is 15.8. The molecule has 0 spiro atoms. The van der Waals surface area contributed by atoms with Gasteiger partial charge in [-0.1, -0.05) is 18.2 Å². The molecule has 2 aliphatic heterocycles. The lowest BCUT2D eigenvalue weighted by Crippen LogP contribution is -2.56.